The van der Waals surface area contributed by atoms with Crippen LogP contribution >= 0.6 is 0 Å². The van der Waals surface area contributed by atoms with Crippen molar-refractivity contribution in [3.63, 3.8) is 0 Å². The third kappa shape index (κ3) is 52.4. The summed E-state index contributed by atoms with van der Waals surface area (Å²) in [5.41, 5.74) is -1.56. The Hall–Kier alpha value is -0.200. The van der Waals surface area contributed by atoms with Crippen LogP contribution in [0.5, 0.6) is 0 Å². The van der Waals surface area contributed by atoms with E-state index in [4.69, 9.17) is 0 Å². The number of unbranched alkanes of at least 4 members (excludes halogenated alkanes) is 57. The molecule has 5 nitrogen and oxygen atoms in total. The van der Waals surface area contributed by atoms with E-state index >= 15 is 0 Å². The fourth-order valence-electron chi connectivity index (χ4n) is 12.5. The average Bonchev–Trinajstić information content (AvgIpc) is 3.44. The number of hydrogen-bond donors (Lipinski definition) is 5. The molecule has 0 unspecified atom stereocenters. The van der Waals surface area contributed by atoms with Crippen LogP contribution in [0.3, 0.4) is 0 Å². The Morgan fingerprint density at radius 1 is 0.260 bits per heavy atom. The maximum absolute atomic E-state index is 12.6. The van der Waals surface area contributed by atoms with E-state index in [0.717, 1.165) is 63.7 Å². The van der Waals surface area contributed by atoms with E-state index in [2.05, 4.69) is 20.8 Å². The first kappa shape index (κ1) is 76.8. The number of aliphatic hydroxyl groups is 5. The lowest BCUT2D eigenvalue weighted by atomic mass is 9.71. The number of rotatable bonds is 68. The highest BCUT2D eigenvalue weighted by molar-refractivity contribution is 5.14. The standard InChI is InChI=1S/C72H145O5/c1-4-7-10-13-16-19-22-25-28-31-34-37-40-43-46-49-52-55-58-61-64-68(65-62-59-56-53-50-47-44-41-38-35-32-29-26-23-20-17-14-11-8-5-2)72(77,71(76)70(75)69(74)67-73)66-63-60-57-54-51-48-45-42-39-36-33-30-27-24-21-18-15-12-9-6-3/h69-71,73-77H,4-67H2,1-3H3/t69-,70-,71+,72-/m1/s1. The first-order valence-corrected chi connectivity index (χ1v) is 36.1. The molecule has 0 fully saturated rings. The van der Waals surface area contributed by atoms with Crippen molar-refractivity contribution in [3.8, 4) is 0 Å². The van der Waals surface area contributed by atoms with Crippen LogP contribution in [-0.4, -0.2) is 56.1 Å². The molecule has 0 rings (SSSR count). The average molecular weight is 1090 g/mol. The van der Waals surface area contributed by atoms with E-state index in [-0.39, 0.29) is 0 Å². The molecule has 77 heavy (non-hydrogen) atoms. The number of aliphatic hydroxyl groups excluding tert-OH is 4. The molecule has 0 saturated carbocycles. The van der Waals surface area contributed by atoms with Gasteiger partial charge in [0.15, 0.2) is 0 Å². The van der Waals surface area contributed by atoms with Crippen LogP contribution in [0.15, 0.2) is 0 Å². The normalized spacial score (nSPS) is 14.0. The van der Waals surface area contributed by atoms with Crippen LogP contribution in [-0.2, 0) is 0 Å². The molecule has 5 N–H and O–H groups in total. The van der Waals surface area contributed by atoms with Crippen LogP contribution in [0.25, 0.3) is 0 Å². The SMILES string of the molecule is CCCCCCCCCCCCCCCCCCCCCC[C](CCCCCCCCCCCCCCCCCCCCCC)[C@](O)(CCCCCCCCCCCCCCCCCCCCCC)[C@@H](O)[C@H](O)[C@H](O)CO. The molecule has 4 atom stereocenters. The molecule has 5 heteroatoms. The Morgan fingerprint density at radius 3 is 0.610 bits per heavy atom. The maximum Gasteiger partial charge on any atom is 0.112 e. The van der Waals surface area contributed by atoms with Crippen LogP contribution in [0.1, 0.15) is 425 Å². The second-order valence-corrected chi connectivity index (χ2v) is 25.6. The molecular weight excluding hydrogens is 945 g/mol. The fraction of sp³-hybridized carbons (Fsp3) is 0.986. The molecule has 1 radical (unpaired) electrons. The van der Waals surface area contributed by atoms with Crippen LogP contribution in [0.4, 0.5) is 0 Å². The van der Waals surface area contributed by atoms with Crippen molar-refractivity contribution in [2.24, 2.45) is 0 Å². The molecule has 463 valence electrons. The monoisotopic (exact) mass is 1090 g/mol. The van der Waals surface area contributed by atoms with Crippen molar-refractivity contribution in [3.05, 3.63) is 5.92 Å². The second-order valence-electron chi connectivity index (χ2n) is 25.6. The number of hydrogen-bond acceptors (Lipinski definition) is 5. The molecule has 0 aliphatic carbocycles. The van der Waals surface area contributed by atoms with E-state index < -0.39 is 30.5 Å². The van der Waals surface area contributed by atoms with Crippen molar-refractivity contribution in [2.75, 3.05) is 6.61 Å². The summed E-state index contributed by atoms with van der Waals surface area (Å²) >= 11 is 0. The minimum Gasteiger partial charge on any atom is -0.394 e. The highest BCUT2D eigenvalue weighted by Crippen LogP contribution is 2.39. The van der Waals surface area contributed by atoms with Crippen molar-refractivity contribution in [2.45, 2.75) is 449 Å². The van der Waals surface area contributed by atoms with E-state index in [1.54, 1.807) is 0 Å². The largest absolute Gasteiger partial charge is 0.394 e. The van der Waals surface area contributed by atoms with E-state index in [0.29, 0.717) is 6.42 Å². The third-order valence-electron chi connectivity index (χ3n) is 18.1. The lowest BCUT2D eigenvalue weighted by Crippen LogP contribution is -2.56. The summed E-state index contributed by atoms with van der Waals surface area (Å²) in [6, 6.07) is 0. The van der Waals surface area contributed by atoms with Crippen LogP contribution in [0.2, 0.25) is 0 Å². The van der Waals surface area contributed by atoms with Gasteiger partial charge in [0.05, 0.1) is 12.2 Å². The predicted octanol–water partition coefficient (Wildman–Crippen LogP) is 23.0. The molecule has 0 aliphatic heterocycles. The van der Waals surface area contributed by atoms with Gasteiger partial charge in [-0.2, -0.15) is 0 Å². The second kappa shape index (κ2) is 63.4. The fourth-order valence-corrected chi connectivity index (χ4v) is 12.5. The zero-order valence-corrected chi connectivity index (χ0v) is 53.2. The Balaban J connectivity index is 4.82. The van der Waals surface area contributed by atoms with E-state index in [1.165, 1.54) is 340 Å². The van der Waals surface area contributed by atoms with Gasteiger partial charge >= 0.3 is 0 Å². The van der Waals surface area contributed by atoms with Gasteiger partial charge in [-0.15, -0.1) is 0 Å². The highest BCUT2D eigenvalue weighted by Gasteiger charge is 2.47. The van der Waals surface area contributed by atoms with Gasteiger partial charge < -0.3 is 25.5 Å². The molecule has 0 heterocycles. The van der Waals surface area contributed by atoms with Gasteiger partial charge in [-0.25, -0.2) is 0 Å². The first-order valence-electron chi connectivity index (χ1n) is 36.1. The summed E-state index contributed by atoms with van der Waals surface area (Å²) < 4.78 is 0. The molecule has 0 bridgehead atoms. The van der Waals surface area contributed by atoms with Gasteiger partial charge in [0.1, 0.15) is 18.3 Å². The topological polar surface area (TPSA) is 101 Å². The third-order valence-corrected chi connectivity index (χ3v) is 18.1. The lowest BCUT2D eigenvalue weighted by Gasteiger charge is -2.42. The van der Waals surface area contributed by atoms with Gasteiger partial charge in [-0.1, -0.05) is 406 Å². The van der Waals surface area contributed by atoms with Crippen molar-refractivity contribution < 1.29 is 25.5 Å². The Morgan fingerprint density at radius 2 is 0.429 bits per heavy atom. The quantitative estimate of drug-likeness (QED) is 0.0391. The molecule has 0 spiro atoms. The van der Waals surface area contributed by atoms with Gasteiger partial charge in [0.25, 0.3) is 0 Å². The zero-order valence-electron chi connectivity index (χ0n) is 53.2. The van der Waals surface area contributed by atoms with Crippen molar-refractivity contribution >= 4 is 0 Å². The molecular formula is C72H145O5. The summed E-state index contributed by atoms with van der Waals surface area (Å²) in [5.74, 6) is 0.969. The smallest absolute Gasteiger partial charge is 0.112 e. The van der Waals surface area contributed by atoms with Crippen LogP contribution in [0, 0.1) is 5.92 Å². The summed E-state index contributed by atoms with van der Waals surface area (Å²) in [6.45, 7) is 6.25. The zero-order chi connectivity index (χ0) is 56.1. The highest BCUT2D eigenvalue weighted by atomic mass is 16.4. The Kier molecular flexibility index (Phi) is 63.2. The molecule has 0 aromatic heterocycles. The van der Waals surface area contributed by atoms with Gasteiger partial charge in [0, 0.05) is 5.92 Å². The Labute approximate surface area is 485 Å². The van der Waals surface area contributed by atoms with Crippen LogP contribution < -0.4 is 0 Å². The predicted molar refractivity (Wildman–Crippen MR) is 341 cm³/mol. The van der Waals surface area contributed by atoms with E-state index in [9.17, 15) is 25.5 Å². The van der Waals surface area contributed by atoms with Crippen molar-refractivity contribution in [1.29, 1.82) is 0 Å². The van der Waals surface area contributed by atoms with Gasteiger partial charge in [-0.3, -0.25) is 0 Å². The Bertz CT molecular complexity index is 1030. The van der Waals surface area contributed by atoms with Gasteiger partial charge in [-0.05, 0) is 19.3 Å². The lowest BCUT2D eigenvalue weighted by molar-refractivity contribution is -0.157. The molecule has 0 aliphatic rings. The minimum absolute atomic E-state index is 0.399. The van der Waals surface area contributed by atoms with Crippen molar-refractivity contribution in [1.82, 2.24) is 0 Å². The minimum atomic E-state index is -1.59. The first-order chi connectivity index (χ1) is 37.9. The molecule has 0 aromatic rings. The molecule has 0 aromatic carbocycles. The maximum atomic E-state index is 12.6. The summed E-state index contributed by atoms with van der Waals surface area (Å²) in [7, 11) is 0. The molecule has 0 saturated heterocycles. The summed E-state index contributed by atoms with van der Waals surface area (Å²) in [6.07, 6.45) is 77.6. The van der Waals surface area contributed by atoms with Gasteiger partial charge in [0.2, 0.25) is 0 Å². The van der Waals surface area contributed by atoms with E-state index in [1.807, 2.05) is 0 Å². The molecule has 0 amide bonds. The summed E-state index contributed by atoms with van der Waals surface area (Å²) in [5, 5.41) is 55.6. The summed E-state index contributed by atoms with van der Waals surface area (Å²) in [4.78, 5) is 0.